The Morgan fingerprint density at radius 3 is 2.43 bits per heavy atom. The van der Waals surface area contributed by atoms with Crippen LogP contribution in [0.5, 0.6) is 0 Å². The number of aromatic nitrogens is 2. The first-order valence-electron chi connectivity index (χ1n) is 7.10. The van der Waals surface area contributed by atoms with Gasteiger partial charge >= 0.3 is 0 Å². The minimum atomic E-state index is -4.31. The van der Waals surface area contributed by atoms with Crippen molar-refractivity contribution in [2.24, 2.45) is 0 Å². The molecule has 0 bridgehead atoms. The van der Waals surface area contributed by atoms with Gasteiger partial charge in [0.2, 0.25) is 5.95 Å². The molecule has 0 unspecified atom stereocenters. The molecule has 1 aliphatic rings. The molecule has 1 aliphatic carbocycles. The topological polar surface area (TPSA) is 72.0 Å². The van der Waals surface area contributed by atoms with Gasteiger partial charge in [0.25, 0.3) is 10.0 Å². The van der Waals surface area contributed by atoms with Gasteiger partial charge in [-0.3, -0.25) is 0 Å². The van der Waals surface area contributed by atoms with Gasteiger partial charge in [0, 0.05) is 17.3 Å². The summed E-state index contributed by atoms with van der Waals surface area (Å²) in [6.07, 6.45) is 2.00. The number of nitrogens with zero attached hydrogens (tertiary/aromatic N) is 2. The number of rotatable bonds is 4. The highest BCUT2D eigenvalue weighted by molar-refractivity contribution is 7.92. The zero-order chi connectivity index (χ0) is 16.8. The maximum absolute atomic E-state index is 13.9. The van der Waals surface area contributed by atoms with Crippen LogP contribution in [0.2, 0.25) is 0 Å². The Morgan fingerprint density at radius 1 is 1.09 bits per heavy atom. The molecule has 2 aromatic rings. The highest BCUT2D eigenvalue weighted by atomic mass is 32.2. The van der Waals surface area contributed by atoms with E-state index >= 15 is 0 Å². The summed E-state index contributed by atoms with van der Waals surface area (Å²) in [6.45, 7) is 3.07. The molecule has 0 saturated heterocycles. The van der Waals surface area contributed by atoms with E-state index in [0.717, 1.165) is 24.6 Å². The van der Waals surface area contributed by atoms with Gasteiger partial charge in [-0.25, -0.2) is 31.9 Å². The van der Waals surface area contributed by atoms with Crippen molar-refractivity contribution in [2.45, 2.75) is 37.5 Å². The number of nitrogens with one attached hydrogen (secondary N) is 1. The molecule has 23 heavy (non-hydrogen) atoms. The van der Waals surface area contributed by atoms with Crippen LogP contribution in [0.1, 0.15) is 35.7 Å². The van der Waals surface area contributed by atoms with Crippen molar-refractivity contribution >= 4 is 16.0 Å². The minimum Gasteiger partial charge on any atom is -0.247 e. The maximum atomic E-state index is 13.9. The lowest BCUT2D eigenvalue weighted by Gasteiger charge is -2.10. The van der Waals surface area contributed by atoms with Crippen LogP contribution < -0.4 is 4.72 Å². The summed E-state index contributed by atoms with van der Waals surface area (Å²) in [5, 5.41) is 0. The Labute approximate surface area is 132 Å². The molecule has 3 rings (SSSR count). The van der Waals surface area contributed by atoms with E-state index in [1.54, 1.807) is 13.0 Å². The summed E-state index contributed by atoms with van der Waals surface area (Å²) >= 11 is 0. The average molecular weight is 339 g/mol. The molecule has 1 aromatic heterocycles. The van der Waals surface area contributed by atoms with E-state index in [2.05, 4.69) is 14.7 Å². The average Bonchev–Trinajstić information content (AvgIpc) is 3.26. The van der Waals surface area contributed by atoms with Crippen molar-refractivity contribution in [3.05, 3.63) is 46.8 Å². The van der Waals surface area contributed by atoms with E-state index in [4.69, 9.17) is 0 Å². The lowest BCUT2D eigenvalue weighted by atomic mass is 10.2. The standard InChI is InChI=1S/C15H15F2N3O2S/c1-8-5-12(17)14(7-11(8)16)23(21,22)20-15-18-9(2)6-13(19-15)10-3-4-10/h5-7,10H,3-4H2,1-2H3,(H,18,19,20). The summed E-state index contributed by atoms with van der Waals surface area (Å²) < 4.78 is 54.2. The third kappa shape index (κ3) is 3.31. The van der Waals surface area contributed by atoms with E-state index in [1.807, 2.05) is 0 Å². The van der Waals surface area contributed by atoms with Gasteiger partial charge in [0.15, 0.2) is 0 Å². The summed E-state index contributed by atoms with van der Waals surface area (Å²) in [5.74, 6) is -1.64. The van der Waals surface area contributed by atoms with Crippen LogP contribution >= 0.6 is 0 Å². The largest absolute Gasteiger partial charge is 0.267 e. The molecule has 1 heterocycles. The lowest BCUT2D eigenvalue weighted by Crippen LogP contribution is -2.17. The maximum Gasteiger partial charge on any atom is 0.267 e. The molecule has 0 amide bonds. The second kappa shape index (κ2) is 5.52. The predicted octanol–water partition coefficient (Wildman–Crippen LogP) is 3.05. The van der Waals surface area contributed by atoms with Crippen molar-refractivity contribution in [2.75, 3.05) is 4.72 Å². The fraction of sp³-hybridized carbons (Fsp3) is 0.333. The van der Waals surface area contributed by atoms with E-state index in [9.17, 15) is 17.2 Å². The Bertz CT molecular complexity index is 881. The van der Waals surface area contributed by atoms with E-state index in [0.29, 0.717) is 17.7 Å². The Balaban J connectivity index is 1.97. The van der Waals surface area contributed by atoms with Crippen molar-refractivity contribution in [3.63, 3.8) is 0 Å². The zero-order valence-corrected chi connectivity index (χ0v) is 13.4. The fourth-order valence-corrected chi connectivity index (χ4v) is 3.25. The second-order valence-corrected chi connectivity index (χ2v) is 7.32. The van der Waals surface area contributed by atoms with Gasteiger partial charge in [0.1, 0.15) is 16.5 Å². The molecule has 0 atom stereocenters. The van der Waals surface area contributed by atoms with Crippen LogP contribution in [0.25, 0.3) is 0 Å². The Morgan fingerprint density at radius 2 is 1.78 bits per heavy atom. The third-order valence-electron chi connectivity index (χ3n) is 3.60. The monoisotopic (exact) mass is 339 g/mol. The smallest absolute Gasteiger partial charge is 0.247 e. The number of benzene rings is 1. The molecular weight excluding hydrogens is 324 g/mol. The number of aryl methyl sites for hydroxylation is 2. The van der Waals surface area contributed by atoms with Crippen LogP contribution in [-0.2, 0) is 10.0 Å². The number of hydrogen-bond donors (Lipinski definition) is 1. The summed E-state index contributed by atoms with van der Waals surface area (Å²) in [5.41, 5.74) is 1.39. The number of anilines is 1. The van der Waals surface area contributed by atoms with Gasteiger partial charge < -0.3 is 0 Å². The summed E-state index contributed by atoms with van der Waals surface area (Å²) in [7, 11) is -4.31. The Hall–Kier alpha value is -2.09. The number of sulfonamides is 1. The number of halogens is 2. The van der Waals surface area contributed by atoms with E-state index in [1.165, 1.54) is 6.92 Å². The SMILES string of the molecule is Cc1cc(C2CC2)nc(NS(=O)(=O)c2cc(F)c(C)cc2F)n1. The summed E-state index contributed by atoms with van der Waals surface area (Å²) in [4.78, 5) is 7.40. The van der Waals surface area contributed by atoms with Gasteiger partial charge in [-0.15, -0.1) is 0 Å². The Kier molecular flexibility index (Phi) is 3.79. The molecule has 8 heteroatoms. The van der Waals surface area contributed by atoms with Crippen LogP contribution in [0, 0.1) is 25.5 Å². The first-order chi connectivity index (χ1) is 10.8. The fourth-order valence-electron chi connectivity index (χ4n) is 2.24. The zero-order valence-electron chi connectivity index (χ0n) is 12.6. The molecule has 1 fully saturated rings. The van der Waals surface area contributed by atoms with Crippen molar-refractivity contribution in [1.29, 1.82) is 0 Å². The minimum absolute atomic E-state index is 0.0317. The highest BCUT2D eigenvalue weighted by Crippen LogP contribution is 2.39. The van der Waals surface area contributed by atoms with Crippen LogP contribution in [0.3, 0.4) is 0 Å². The van der Waals surface area contributed by atoms with Crippen LogP contribution in [-0.4, -0.2) is 18.4 Å². The number of hydrogen-bond acceptors (Lipinski definition) is 4. The van der Waals surface area contributed by atoms with E-state index in [-0.39, 0.29) is 11.5 Å². The molecule has 5 nitrogen and oxygen atoms in total. The molecule has 1 saturated carbocycles. The molecule has 122 valence electrons. The van der Waals surface area contributed by atoms with Gasteiger partial charge in [-0.2, -0.15) is 0 Å². The lowest BCUT2D eigenvalue weighted by molar-refractivity contribution is 0.551. The normalized spacial score (nSPS) is 14.8. The van der Waals surface area contributed by atoms with E-state index < -0.39 is 26.6 Å². The molecular formula is C15H15F2N3O2S. The van der Waals surface area contributed by atoms with Crippen LogP contribution in [0.4, 0.5) is 14.7 Å². The summed E-state index contributed by atoms with van der Waals surface area (Å²) in [6, 6.07) is 3.29. The first kappa shape index (κ1) is 15.8. The molecule has 1 aromatic carbocycles. The quantitative estimate of drug-likeness (QED) is 0.929. The van der Waals surface area contributed by atoms with Crippen molar-refractivity contribution in [3.8, 4) is 0 Å². The first-order valence-corrected chi connectivity index (χ1v) is 8.58. The predicted molar refractivity (Wildman–Crippen MR) is 80.6 cm³/mol. The highest BCUT2D eigenvalue weighted by Gasteiger charge is 2.27. The second-order valence-electron chi connectivity index (χ2n) is 5.67. The van der Waals surface area contributed by atoms with Gasteiger partial charge in [-0.05, 0) is 50.5 Å². The molecule has 1 N–H and O–H groups in total. The van der Waals surface area contributed by atoms with Crippen molar-refractivity contribution in [1.82, 2.24) is 9.97 Å². The van der Waals surface area contributed by atoms with Gasteiger partial charge in [-0.1, -0.05) is 0 Å². The van der Waals surface area contributed by atoms with Crippen molar-refractivity contribution < 1.29 is 17.2 Å². The third-order valence-corrected chi connectivity index (χ3v) is 4.94. The molecule has 0 spiro atoms. The van der Waals surface area contributed by atoms with Gasteiger partial charge in [0.05, 0.1) is 0 Å². The molecule has 0 aliphatic heterocycles. The molecule has 0 radical (unpaired) electrons. The van der Waals surface area contributed by atoms with Crippen LogP contribution in [0.15, 0.2) is 23.1 Å².